The normalized spacial score (nSPS) is 12.3. The van der Waals surface area contributed by atoms with Crippen molar-refractivity contribution in [1.82, 2.24) is 0 Å². The van der Waals surface area contributed by atoms with E-state index in [1.54, 1.807) is 0 Å². The summed E-state index contributed by atoms with van der Waals surface area (Å²) in [5.41, 5.74) is 0. The van der Waals surface area contributed by atoms with Gasteiger partial charge in [-0.3, -0.25) is 4.55 Å². The molecule has 1 N–H and O–H groups in total. The van der Waals surface area contributed by atoms with Crippen molar-refractivity contribution in [3.8, 4) is 0 Å². The van der Waals surface area contributed by atoms with E-state index in [2.05, 4.69) is 0 Å². The molecule has 0 atom stereocenters. The molecule has 0 saturated heterocycles. The van der Waals surface area contributed by atoms with Crippen LogP contribution in [-0.2, 0) is 20.0 Å². The molecule has 5 nitrogen and oxygen atoms in total. The number of sulfone groups is 1. The molecule has 21 heavy (non-hydrogen) atoms. The second kappa shape index (κ2) is 5.58. The van der Waals surface area contributed by atoms with E-state index in [1.807, 2.05) is 0 Å². The Morgan fingerprint density at radius 1 is 0.810 bits per heavy atom. The van der Waals surface area contributed by atoms with Crippen LogP contribution < -0.4 is 0 Å². The SMILES string of the molecule is O=S(=O)(O)c1ccc(S(=O)(=O)c2cc(Cl)ccc2Cl)cc1. The average molecular weight is 367 g/mol. The van der Waals surface area contributed by atoms with Crippen molar-refractivity contribution in [1.29, 1.82) is 0 Å². The van der Waals surface area contributed by atoms with Crippen LogP contribution in [0.1, 0.15) is 0 Å². The maximum absolute atomic E-state index is 12.4. The molecule has 0 amide bonds. The molecule has 2 rings (SSSR count). The molecule has 0 fully saturated rings. The Bertz CT molecular complexity index is 888. The molecule has 0 aliphatic carbocycles. The Balaban J connectivity index is 2.57. The van der Waals surface area contributed by atoms with E-state index in [-0.39, 0.29) is 19.8 Å². The monoisotopic (exact) mass is 366 g/mol. The first-order valence-electron chi connectivity index (χ1n) is 5.40. The molecule has 0 radical (unpaired) electrons. The Hall–Kier alpha value is -1.12. The van der Waals surface area contributed by atoms with Gasteiger partial charge in [0.25, 0.3) is 10.1 Å². The fourth-order valence-electron chi connectivity index (χ4n) is 1.60. The van der Waals surface area contributed by atoms with Crippen LogP contribution in [0.2, 0.25) is 10.0 Å². The third kappa shape index (κ3) is 3.38. The smallest absolute Gasteiger partial charge is 0.282 e. The van der Waals surface area contributed by atoms with Crippen molar-refractivity contribution in [2.45, 2.75) is 14.7 Å². The molecular formula is C12H8Cl2O5S2. The Labute approximate surface area is 131 Å². The van der Waals surface area contributed by atoms with Gasteiger partial charge < -0.3 is 0 Å². The average Bonchev–Trinajstić information content (AvgIpc) is 2.40. The molecule has 2 aromatic carbocycles. The fraction of sp³-hybridized carbons (Fsp3) is 0. The number of hydrogen-bond donors (Lipinski definition) is 1. The van der Waals surface area contributed by atoms with Gasteiger partial charge in [-0.15, -0.1) is 0 Å². The van der Waals surface area contributed by atoms with Crippen molar-refractivity contribution in [3.05, 3.63) is 52.5 Å². The van der Waals surface area contributed by atoms with Gasteiger partial charge >= 0.3 is 0 Å². The van der Waals surface area contributed by atoms with Gasteiger partial charge in [-0.2, -0.15) is 8.42 Å². The zero-order valence-corrected chi connectivity index (χ0v) is 13.3. The van der Waals surface area contributed by atoms with Gasteiger partial charge in [0.1, 0.15) is 0 Å². The molecule has 0 aromatic heterocycles. The van der Waals surface area contributed by atoms with Crippen molar-refractivity contribution < 1.29 is 21.4 Å². The van der Waals surface area contributed by atoms with Crippen LogP contribution in [0.15, 0.2) is 57.2 Å². The van der Waals surface area contributed by atoms with Gasteiger partial charge in [-0.05, 0) is 42.5 Å². The summed E-state index contributed by atoms with van der Waals surface area (Å²) < 4.78 is 55.6. The second-order valence-corrected chi connectivity index (χ2v) is 8.21. The van der Waals surface area contributed by atoms with Gasteiger partial charge in [0.2, 0.25) is 9.84 Å². The zero-order chi connectivity index (χ0) is 15.8. The summed E-state index contributed by atoms with van der Waals surface area (Å²) in [6.07, 6.45) is 0. The summed E-state index contributed by atoms with van der Waals surface area (Å²) in [6, 6.07) is 8.11. The van der Waals surface area contributed by atoms with Crippen LogP contribution in [0, 0.1) is 0 Å². The molecule has 0 heterocycles. The maximum atomic E-state index is 12.4. The Kier molecular flexibility index (Phi) is 4.32. The van der Waals surface area contributed by atoms with Gasteiger partial charge in [-0.25, -0.2) is 8.42 Å². The van der Waals surface area contributed by atoms with Crippen LogP contribution in [-0.4, -0.2) is 21.4 Å². The molecule has 2 aromatic rings. The third-order valence-electron chi connectivity index (χ3n) is 2.61. The number of hydrogen-bond acceptors (Lipinski definition) is 4. The second-order valence-electron chi connectivity index (χ2n) is 4.02. The van der Waals surface area contributed by atoms with Gasteiger partial charge in [0.15, 0.2) is 0 Å². The molecule has 9 heteroatoms. The largest absolute Gasteiger partial charge is 0.294 e. The van der Waals surface area contributed by atoms with Gasteiger partial charge in [0.05, 0.1) is 19.7 Å². The predicted molar refractivity (Wildman–Crippen MR) is 78.2 cm³/mol. The number of benzene rings is 2. The lowest BCUT2D eigenvalue weighted by molar-refractivity contribution is 0.483. The molecule has 112 valence electrons. The molecule has 0 bridgehead atoms. The first-order valence-corrected chi connectivity index (χ1v) is 9.08. The lowest BCUT2D eigenvalue weighted by Gasteiger charge is -2.07. The molecule has 0 aliphatic heterocycles. The topological polar surface area (TPSA) is 88.5 Å². The molecule has 0 spiro atoms. The van der Waals surface area contributed by atoms with E-state index >= 15 is 0 Å². The lowest BCUT2D eigenvalue weighted by Crippen LogP contribution is -2.04. The highest BCUT2D eigenvalue weighted by molar-refractivity contribution is 7.91. The quantitative estimate of drug-likeness (QED) is 0.843. The van der Waals surface area contributed by atoms with Crippen LogP contribution >= 0.6 is 23.2 Å². The van der Waals surface area contributed by atoms with Gasteiger partial charge in [0, 0.05) is 5.02 Å². The lowest BCUT2D eigenvalue weighted by atomic mass is 10.4. The van der Waals surface area contributed by atoms with E-state index in [9.17, 15) is 16.8 Å². The molecule has 0 aliphatic rings. The predicted octanol–water partition coefficient (Wildman–Crippen LogP) is 3.07. The summed E-state index contributed by atoms with van der Waals surface area (Å²) in [5, 5.41) is 0.200. The van der Waals surface area contributed by atoms with Crippen molar-refractivity contribution in [2.24, 2.45) is 0 Å². The van der Waals surface area contributed by atoms with Crippen LogP contribution in [0.5, 0.6) is 0 Å². The highest BCUT2D eigenvalue weighted by atomic mass is 35.5. The first-order chi connectivity index (χ1) is 9.62. The summed E-state index contributed by atoms with van der Waals surface area (Å²) >= 11 is 11.6. The highest BCUT2D eigenvalue weighted by Crippen LogP contribution is 2.30. The minimum Gasteiger partial charge on any atom is -0.282 e. The van der Waals surface area contributed by atoms with Crippen molar-refractivity contribution in [2.75, 3.05) is 0 Å². The molecule has 0 unspecified atom stereocenters. The molecular weight excluding hydrogens is 359 g/mol. The Morgan fingerprint density at radius 3 is 1.86 bits per heavy atom. The number of rotatable bonds is 3. The van der Waals surface area contributed by atoms with E-state index in [1.165, 1.54) is 18.2 Å². The maximum Gasteiger partial charge on any atom is 0.294 e. The zero-order valence-electron chi connectivity index (χ0n) is 10.2. The van der Waals surface area contributed by atoms with Crippen molar-refractivity contribution in [3.63, 3.8) is 0 Å². The van der Waals surface area contributed by atoms with E-state index in [0.717, 1.165) is 24.3 Å². The fourth-order valence-corrected chi connectivity index (χ4v) is 4.10. The van der Waals surface area contributed by atoms with Crippen molar-refractivity contribution >= 4 is 43.2 Å². The van der Waals surface area contributed by atoms with E-state index in [0.29, 0.717) is 0 Å². The van der Waals surface area contributed by atoms with Crippen LogP contribution in [0.4, 0.5) is 0 Å². The minimum absolute atomic E-state index is 0.00161. The molecule has 0 saturated carbocycles. The number of halogens is 2. The first kappa shape index (κ1) is 16.3. The standard InChI is InChI=1S/C12H8Cl2O5S2/c13-8-1-6-11(14)12(7-8)20(15,16)9-2-4-10(5-3-9)21(17,18)19/h1-7H,(H,17,18,19). The summed E-state index contributed by atoms with van der Waals surface area (Å²) in [6.45, 7) is 0. The van der Waals surface area contributed by atoms with Gasteiger partial charge in [-0.1, -0.05) is 23.2 Å². The minimum atomic E-state index is -4.39. The van der Waals surface area contributed by atoms with E-state index < -0.39 is 24.9 Å². The summed E-state index contributed by atoms with van der Waals surface area (Å²) in [5.74, 6) is 0. The van der Waals surface area contributed by atoms with Crippen LogP contribution in [0.25, 0.3) is 0 Å². The van der Waals surface area contributed by atoms with E-state index in [4.69, 9.17) is 27.8 Å². The van der Waals surface area contributed by atoms with Crippen LogP contribution in [0.3, 0.4) is 0 Å². The highest BCUT2D eigenvalue weighted by Gasteiger charge is 2.22. The summed E-state index contributed by atoms with van der Waals surface area (Å²) in [7, 11) is -8.33. The third-order valence-corrected chi connectivity index (χ3v) is 5.97. The summed E-state index contributed by atoms with van der Waals surface area (Å²) in [4.78, 5) is -0.756. The Morgan fingerprint density at radius 2 is 1.33 bits per heavy atom.